The predicted octanol–water partition coefficient (Wildman–Crippen LogP) is 4.54. The molecule has 2 heterocycles. The first-order valence-corrected chi connectivity index (χ1v) is 14.5. The summed E-state index contributed by atoms with van der Waals surface area (Å²) in [7, 11) is -4.00. The summed E-state index contributed by atoms with van der Waals surface area (Å²) in [6, 6.07) is 12.6. The molecule has 1 amide bonds. The highest BCUT2D eigenvalue weighted by atomic mass is 35.5. The van der Waals surface area contributed by atoms with Crippen LogP contribution >= 0.6 is 11.6 Å². The number of nitrogens with two attached hydrogens (primary N) is 1. The number of piperidine rings is 2. The molecule has 0 aromatic heterocycles. The zero-order chi connectivity index (χ0) is 25.9. The third kappa shape index (κ3) is 6.40. The fraction of sp³-hybridized carbons (Fsp3) is 0.519. The Hall–Kier alpha value is -2.13. The van der Waals surface area contributed by atoms with Gasteiger partial charge in [0.05, 0.1) is 11.6 Å². The molecule has 196 valence electrons. The average molecular weight is 534 g/mol. The maximum absolute atomic E-state index is 13.1. The molecule has 2 aliphatic rings. The van der Waals surface area contributed by atoms with Gasteiger partial charge in [-0.25, -0.2) is 13.6 Å². The number of rotatable bonds is 7. The Bertz CT molecular complexity index is 1180. The van der Waals surface area contributed by atoms with Gasteiger partial charge < -0.3 is 9.64 Å². The van der Waals surface area contributed by atoms with Crippen LogP contribution in [0.5, 0.6) is 5.75 Å². The smallest absolute Gasteiger partial charge is 0.253 e. The van der Waals surface area contributed by atoms with Gasteiger partial charge in [-0.2, -0.15) is 0 Å². The minimum Gasteiger partial charge on any atom is -0.493 e. The molecule has 0 aliphatic carbocycles. The number of hydrogen-bond acceptors (Lipinski definition) is 5. The van der Waals surface area contributed by atoms with Gasteiger partial charge >= 0.3 is 0 Å². The van der Waals surface area contributed by atoms with Crippen LogP contribution < -0.4 is 9.88 Å². The molecule has 7 nitrogen and oxygen atoms in total. The molecule has 2 fully saturated rings. The van der Waals surface area contributed by atoms with Crippen molar-refractivity contribution >= 4 is 27.5 Å². The molecule has 2 N–H and O–H groups in total. The third-order valence-electron chi connectivity index (χ3n) is 7.45. The molecule has 0 bridgehead atoms. The van der Waals surface area contributed by atoms with Crippen LogP contribution in [0.4, 0.5) is 0 Å². The van der Waals surface area contributed by atoms with E-state index in [0.29, 0.717) is 31.2 Å². The van der Waals surface area contributed by atoms with Crippen molar-refractivity contribution in [3.05, 3.63) is 58.6 Å². The van der Waals surface area contributed by atoms with E-state index in [9.17, 15) is 13.2 Å². The summed E-state index contributed by atoms with van der Waals surface area (Å²) in [5.41, 5.74) is 1.79. The summed E-state index contributed by atoms with van der Waals surface area (Å²) in [6.07, 6.45) is 4.13. The molecule has 9 heteroatoms. The quantitative estimate of drug-likeness (QED) is 0.564. The van der Waals surface area contributed by atoms with Crippen LogP contribution in [0, 0.1) is 11.3 Å². The summed E-state index contributed by atoms with van der Waals surface area (Å²) >= 11 is 5.97. The van der Waals surface area contributed by atoms with Gasteiger partial charge in [-0.1, -0.05) is 43.6 Å². The van der Waals surface area contributed by atoms with E-state index < -0.39 is 10.0 Å². The van der Waals surface area contributed by atoms with Crippen molar-refractivity contribution in [2.24, 2.45) is 16.5 Å². The number of sulfonamides is 1. The van der Waals surface area contributed by atoms with Crippen LogP contribution in [0.2, 0.25) is 5.02 Å². The van der Waals surface area contributed by atoms with Crippen molar-refractivity contribution in [3.63, 3.8) is 0 Å². The Morgan fingerprint density at radius 1 is 1.06 bits per heavy atom. The molecule has 2 aromatic rings. The summed E-state index contributed by atoms with van der Waals surface area (Å²) < 4.78 is 29.6. The second-order valence-corrected chi connectivity index (χ2v) is 12.5. The van der Waals surface area contributed by atoms with E-state index in [0.717, 1.165) is 51.1 Å². The molecule has 4 rings (SSSR count). The van der Waals surface area contributed by atoms with E-state index in [4.69, 9.17) is 21.5 Å². The average Bonchev–Trinajstić information content (AvgIpc) is 2.85. The highest BCUT2D eigenvalue weighted by Crippen LogP contribution is 2.42. The molecule has 0 atom stereocenters. The predicted molar refractivity (Wildman–Crippen MR) is 142 cm³/mol. The lowest BCUT2D eigenvalue weighted by atomic mass is 9.71. The molecule has 2 aromatic carbocycles. The fourth-order valence-electron chi connectivity index (χ4n) is 5.18. The SMILES string of the molecule is CC(C)COc1ccccc1CN1CCC2(CC1)CCN(C(=O)c1ccc(Cl)c(S(N)(=O)=O)c1)CC2. The van der Waals surface area contributed by atoms with Crippen LogP contribution in [-0.4, -0.2) is 56.9 Å². The van der Waals surface area contributed by atoms with Gasteiger partial charge in [0, 0.05) is 30.8 Å². The summed E-state index contributed by atoms with van der Waals surface area (Å²) in [6.45, 7) is 9.30. The molecule has 0 saturated carbocycles. The first kappa shape index (κ1) is 26.9. The number of benzene rings is 2. The number of carbonyl (C=O) groups excluding carboxylic acids is 1. The number of amides is 1. The lowest BCUT2D eigenvalue weighted by Crippen LogP contribution is -2.48. The first-order chi connectivity index (χ1) is 17.1. The van der Waals surface area contributed by atoms with Gasteiger partial charge in [0.2, 0.25) is 10.0 Å². The van der Waals surface area contributed by atoms with Gasteiger partial charge in [0.25, 0.3) is 5.91 Å². The number of nitrogens with zero attached hydrogens (tertiary/aromatic N) is 2. The normalized spacial score (nSPS) is 18.5. The first-order valence-electron chi connectivity index (χ1n) is 12.6. The van der Waals surface area contributed by atoms with E-state index in [1.807, 2.05) is 11.0 Å². The zero-order valence-corrected chi connectivity index (χ0v) is 22.7. The second kappa shape index (κ2) is 11.1. The number of halogens is 1. The Morgan fingerprint density at radius 2 is 1.69 bits per heavy atom. The fourth-order valence-corrected chi connectivity index (χ4v) is 6.25. The third-order valence-corrected chi connectivity index (χ3v) is 8.84. The topological polar surface area (TPSA) is 92.9 Å². The van der Waals surface area contributed by atoms with Gasteiger partial charge in [-0.3, -0.25) is 9.69 Å². The van der Waals surface area contributed by atoms with Crippen LogP contribution in [0.15, 0.2) is 47.4 Å². The van der Waals surface area contributed by atoms with Crippen molar-refractivity contribution in [1.29, 1.82) is 0 Å². The minimum atomic E-state index is -4.00. The molecular formula is C27H36ClN3O4S. The Balaban J connectivity index is 1.32. The monoisotopic (exact) mass is 533 g/mol. The van der Waals surface area contributed by atoms with E-state index in [1.165, 1.54) is 17.7 Å². The van der Waals surface area contributed by atoms with Crippen LogP contribution in [-0.2, 0) is 16.6 Å². The van der Waals surface area contributed by atoms with E-state index in [1.54, 1.807) is 6.07 Å². The van der Waals surface area contributed by atoms with Gasteiger partial charge in [-0.05, 0) is 74.4 Å². The number of likely N-dealkylation sites (tertiary alicyclic amines) is 2. The lowest BCUT2D eigenvalue weighted by molar-refractivity contribution is 0.0283. The van der Waals surface area contributed by atoms with Crippen molar-refractivity contribution in [1.82, 2.24) is 9.80 Å². The number of primary sulfonamides is 1. The van der Waals surface area contributed by atoms with Crippen LogP contribution in [0.25, 0.3) is 0 Å². The lowest BCUT2D eigenvalue weighted by Gasteiger charge is -2.47. The van der Waals surface area contributed by atoms with Crippen LogP contribution in [0.1, 0.15) is 55.5 Å². The number of hydrogen-bond donors (Lipinski definition) is 1. The van der Waals surface area contributed by atoms with Crippen molar-refractivity contribution in [3.8, 4) is 5.75 Å². The Kier molecular flexibility index (Phi) is 8.29. The molecule has 2 aliphatic heterocycles. The van der Waals surface area contributed by atoms with Crippen LogP contribution in [0.3, 0.4) is 0 Å². The Morgan fingerprint density at radius 3 is 2.33 bits per heavy atom. The van der Waals surface area contributed by atoms with E-state index in [2.05, 4.69) is 36.9 Å². The molecule has 1 spiro atoms. The molecule has 36 heavy (non-hydrogen) atoms. The minimum absolute atomic E-state index is 0.0208. The maximum atomic E-state index is 13.1. The van der Waals surface area contributed by atoms with E-state index >= 15 is 0 Å². The highest BCUT2D eigenvalue weighted by molar-refractivity contribution is 7.89. The molecule has 0 unspecified atom stereocenters. The van der Waals surface area contributed by atoms with Gasteiger partial charge in [0.15, 0.2) is 0 Å². The standard InChI is InChI=1S/C27H36ClN3O4S/c1-20(2)19-35-24-6-4-3-5-22(24)18-30-13-9-27(10-14-30)11-15-31(16-12-27)26(32)21-7-8-23(28)25(17-21)36(29,33)34/h3-8,17,20H,9-16,18-19H2,1-2H3,(H2,29,33,34). The number of para-hydroxylation sites is 1. The van der Waals surface area contributed by atoms with E-state index in [-0.39, 0.29) is 21.2 Å². The van der Waals surface area contributed by atoms with Crippen molar-refractivity contribution in [2.75, 3.05) is 32.8 Å². The van der Waals surface area contributed by atoms with Gasteiger partial charge in [-0.15, -0.1) is 0 Å². The second-order valence-electron chi connectivity index (χ2n) is 10.6. The number of carbonyl (C=O) groups is 1. The summed E-state index contributed by atoms with van der Waals surface area (Å²) in [4.78, 5) is 17.2. The summed E-state index contributed by atoms with van der Waals surface area (Å²) in [5, 5.41) is 5.27. The maximum Gasteiger partial charge on any atom is 0.253 e. The molecule has 2 saturated heterocycles. The van der Waals surface area contributed by atoms with Crippen molar-refractivity contribution in [2.45, 2.75) is 51.0 Å². The van der Waals surface area contributed by atoms with Crippen molar-refractivity contribution < 1.29 is 17.9 Å². The van der Waals surface area contributed by atoms with Gasteiger partial charge in [0.1, 0.15) is 10.6 Å². The number of ether oxygens (including phenoxy) is 1. The molecular weight excluding hydrogens is 498 g/mol. The zero-order valence-electron chi connectivity index (χ0n) is 21.1. The summed E-state index contributed by atoms with van der Waals surface area (Å²) in [5.74, 6) is 1.29. The highest BCUT2D eigenvalue weighted by Gasteiger charge is 2.38. The Labute approximate surface area is 219 Å². The largest absolute Gasteiger partial charge is 0.493 e. The molecule has 0 radical (unpaired) electrons.